The molecule has 2 fully saturated rings. The fourth-order valence-electron chi connectivity index (χ4n) is 2.23. The molecule has 1 aromatic heterocycles. The predicted molar refractivity (Wildman–Crippen MR) is 83.9 cm³/mol. The molecule has 2 saturated heterocycles. The minimum atomic E-state index is -0.367. The van der Waals surface area contributed by atoms with Gasteiger partial charge in [-0.05, 0) is 24.7 Å². The number of hydrogen-bond acceptors (Lipinski definition) is 6. The molecule has 7 heteroatoms. The average Bonchev–Trinajstić information content (AvgIpc) is 3.12. The number of amides is 1. The molecule has 1 amide bonds. The summed E-state index contributed by atoms with van der Waals surface area (Å²) >= 11 is 3.15. The van der Waals surface area contributed by atoms with Crippen molar-refractivity contribution in [1.82, 2.24) is 10.3 Å². The first-order chi connectivity index (χ1) is 10.2. The van der Waals surface area contributed by atoms with Crippen molar-refractivity contribution in [2.24, 2.45) is 0 Å². The standard InChI is InChI=1S/C14H16N2O3S2/c17-13(16-11-4-6-21-14(11)18)9-1-2-12(15-7-9)19-10-3-5-20-8-10/h1-2,7,10-11H,3-6,8H2,(H,16,17). The van der Waals surface area contributed by atoms with Gasteiger partial charge in [-0.2, -0.15) is 11.8 Å². The molecule has 2 unspecified atom stereocenters. The van der Waals surface area contributed by atoms with E-state index in [0.717, 1.165) is 23.7 Å². The summed E-state index contributed by atoms with van der Waals surface area (Å²) in [6, 6.07) is 3.03. The van der Waals surface area contributed by atoms with Crippen LogP contribution in [0.15, 0.2) is 18.3 Å². The van der Waals surface area contributed by atoms with E-state index in [-0.39, 0.29) is 23.2 Å². The number of carbonyl (C=O) groups is 2. The third-order valence-corrected chi connectivity index (χ3v) is 5.56. The van der Waals surface area contributed by atoms with E-state index in [1.807, 2.05) is 11.8 Å². The molecule has 0 bridgehead atoms. The number of nitrogens with zero attached hydrogens (tertiary/aromatic N) is 1. The third-order valence-electron chi connectivity index (χ3n) is 3.41. The van der Waals surface area contributed by atoms with Gasteiger partial charge in [0.25, 0.3) is 5.91 Å². The summed E-state index contributed by atoms with van der Waals surface area (Å²) in [7, 11) is 0. The van der Waals surface area contributed by atoms with Gasteiger partial charge in [-0.25, -0.2) is 4.98 Å². The van der Waals surface area contributed by atoms with Crippen LogP contribution in [-0.2, 0) is 4.79 Å². The predicted octanol–water partition coefficient (Wildman–Crippen LogP) is 1.73. The molecule has 2 aliphatic rings. The SMILES string of the molecule is O=C(NC1CCSC1=O)c1ccc(OC2CCSC2)nc1. The van der Waals surface area contributed by atoms with Crippen LogP contribution in [-0.4, -0.2) is 45.4 Å². The van der Waals surface area contributed by atoms with Crippen molar-refractivity contribution in [2.45, 2.75) is 25.0 Å². The maximum Gasteiger partial charge on any atom is 0.253 e. The van der Waals surface area contributed by atoms with Crippen molar-refractivity contribution in [3.63, 3.8) is 0 Å². The van der Waals surface area contributed by atoms with Crippen LogP contribution in [0.1, 0.15) is 23.2 Å². The summed E-state index contributed by atoms with van der Waals surface area (Å²) in [6.07, 6.45) is 3.45. The van der Waals surface area contributed by atoms with Gasteiger partial charge in [-0.15, -0.1) is 0 Å². The molecule has 1 N–H and O–H groups in total. The minimum Gasteiger partial charge on any atom is -0.473 e. The van der Waals surface area contributed by atoms with Crippen LogP contribution >= 0.6 is 23.5 Å². The van der Waals surface area contributed by atoms with Crippen molar-refractivity contribution < 1.29 is 14.3 Å². The van der Waals surface area contributed by atoms with E-state index in [0.29, 0.717) is 17.9 Å². The minimum absolute atomic E-state index is 0.0370. The van der Waals surface area contributed by atoms with Crippen LogP contribution in [0.25, 0.3) is 0 Å². The fraction of sp³-hybridized carbons (Fsp3) is 0.500. The molecule has 1 aromatic rings. The van der Waals surface area contributed by atoms with Crippen LogP contribution in [0, 0.1) is 0 Å². The third kappa shape index (κ3) is 3.71. The molecule has 21 heavy (non-hydrogen) atoms. The maximum atomic E-state index is 12.0. The number of carbonyl (C=O) groups excluding carboxylic acids is 2. The lowest BCUT2D eigenvalue weighted by Crippen LogP contribution is -2.37. The summed E-state index contributed by atoms with van der Waals surface area (Å²) in [5.74, 6) is 3.18. The Balaban J connectivity index is 1.57. The van der Waals surface area contributed by atoms with E-state index in [2.05, 4.69) is 10.3 Å². The lowest BCUT2D eigenvalue weighted by Gasteiger charge is -2.12. The van der Waals surface area contributed by atoms with Crippen LogP contribution in [0.2, 0.25) is 0 Å². The van der Waals surface area contributed by atoms with Crippen molar-refractivity contribution in [2.75, 3.05) is 17.3 Å². The number of ether oxygens (including phenoxy) is 1. The smallest absolute Gasteiger partial charge is 0.253 e. The largest absolute Gasteiger partial charge is 0.473 e. The zero-order chi connectivity index (χ0) is 14.7. The lowest BCUT2D eigenvalue weighted by atomic mass is 10.2. The number of nitrogens with one attached hydrogen (secondary N) is 1. The van der Waals surface area contributed by atoms with Gasteiger partial charge in [-0.3, -0.25) is 9.59 Å². The van der Waals surface area contributed by atoms with Gasteiger partial charge in [0.15, 0.2) is 0 Å². The Bertz CT molecular complexity index is 530. The summed E-state index contributed by atoms with van der Waals surface area (Å²) in [5.41, 5.74) is 0.452. The zero-order valence-corrected chi connectivity index (χ0v) is 13.0. The quantitative estimate of drug-likeness (QED) is 0.910. The average molecular weight is 324 g/mol. The Morgan fingerprint density at radius 3 is 2.86 bits per heavy atom. The van der Waals surface area contributed by atoms with Gasteiger partial charge in [0.1, 0.15) is 6.10 Å². The Labute approximate surface area is 131 Å². The first kappa shape index (κ1) is 14.7. The summed E-state index contributed by atoms with van der Waals surface area (Å²) < 4.78 is 5.74. The van der Waals surface area contributed by atoms with Crippen LogP contribution in [0.3, 0.4) is 0 Å². The van der Waals surface area contributed by atoms with Gasteiger partial charge < -0.3 is 10.1 Å². The second-order valence-corrected chi connectivity index (χ2v) is 7.22. The van der Waals surface area contributed by atoms with Gasteiger partial charge in [0.2, 0.25) is 11.0 Å². The van der Waals surface area contributed by atoms with E-state index < -0.39 is 0 Å². The van der Waals surface area contributed by atoms with Crippen molar-refractivity contribution in [3.05, 3.63) is 23.9 Å². The number of thioether (sulfide) groups is 2. The molecule has 3 rings (SSSR count). The number of pyridine rings is 1. The highest BCUT2D eigenvalue weighted by Gasteiger charge is 2.27. The second kappa shape index (κ2) is 6.70. The van der Waals surface area contributed by atoms with Gasteiger partial charge in [-0.1, -0.05) is 11.8 Å². The lowest BCUT2D eigenvalue weighted by molar-refractivity contribution is -0.112. The summed E-state index contributed by atoms with van der Waals surface area (Å²) in [5, 5.41) is 2.78. The van der Waals surface area contributed by atoms with E-state index in [4.69, 9.17) is 4.74 Å². The van der Waals surface area contributed by atoms with E-state index in [9.17, 15) is 9.59 Å². The Morgan fingerprint density at radius 1 is 1.33 bits per heavy atom. The number of hydrogen-bond donors (Lipinski definition) is 1. The Hall–Kier alpha value is -1.21. The number of aromatic nitrogens is 1. The molecule has 0 aromatic carbocycles. The first-order valence-electron chi connectivity index (χ1n) is 6.90. The van der Waals surface area contributed by atoms with E-state index in [1.165, 1.54) is 18.0 Å². The monoisotopic (exact) mass is 324 g/mol. The fourth-order valence-corrected chi connectivity index (χ4v) is 4.26. The van der Waals surface area contributed by atoms with Crippen molar-refractivity contribution in [3.8, 4) is 5.88 Å². The van der Waals surface area contributed by atoms with E-state index >= 15 is 0 Å². The molecule has 5 nitrogen and oxygen atoms in total. The maximum absolute atomic E-state index is 12.0. The Morgan fingerprint density at radius 2 is 2.24 bits per heavy atom. The highest BCUT2D eigenvalue weighted by molar-refractivity contribution is 8.14. The highest BCUT2D eigenvalue weighted by atomic mass is 32.2. The molecule has 112 valence electrons. The normalized spacial score (nSPS) is 25.0. The molecule has 3 heterocycles. The summed E-state index contributed by atoms with van der Waals surface area (Å²) in [4.78, 5) is 27.7. The Kier molecular flexibility index (Phi) is 4.70. The zero-order valence-electron chi connectivity index (χ0n) is 11.4. The van der Waals surface area contributed by atoms with Crippen LogP contribution in [0.5, 0.6) is 5.88 Å². The van der Waals surface area contributed by atoms with Crippen LogP contribution in [0.4, 0.5) is 0 Å². The molecule has 0 spiro atoms. The van der Waals surface area contributed by atoms with E-state index in [1.54, 1.807) is 12.1 Å². The van der Waals surface area contributed by atoms with Gasteiger partial charge in [0, 0.05) is 23.8 Å². The van der Waals surface area contributed by atoms with Crippen LogP contribution < -0.4 is 10.1 Å². The molecule has 2 aliphatic heterocycles. The molecule has 0 saturated carbocycles. The summed E-state index contributed by atoms with van der Waals surface area (Å²) in [6.45, 7) is 0. The van der Waals surface area contributed by atoms with Crippen molar-refractivity contribution in [1.29, 1.82) is 0 Å². The molecular weight excluding hydrogens is 308 g/mol. The molecule has 0 radical (unpaired) electrons. The van der Waals surface area contributed by atoms with Gasteiger partial charge >= 0.3 is 0 Å². The topological polar surface area (TPSA) is 68.3 Å². The molecular formula is C14H16N2O3S2. The molecule has 0 aliphatic carbocycles. The molecule has 2 atom stereocenters. The second-order valence-electron chi connectivity index (χ2n) is 4.97. The highest BCUT2D eigenvalue weighted by Crippen LogP contribution is 2.22. The van der Waals surface area contributed by atoms with Gasteiger partial charge in [0.05, 0.1) is 11.6 Å². The first-order valence-corrected chi connectivity index (χ1v) is 9.04. The van der Waals surface area contributed by atoms with Crippen molar-refractivity contribution >= 4 is 34.5 Å². The number of rotatable bonds is 4.